The van der Waals surface area contributed by atoms with Crippen molar-refractivity contribution >= 4 is 11.6 Å². The highest BCUT2D eigenvalue weighted by molar-refractivity contribution is 5.84. The Hall–Kier alpha value is -1.51. The van der Waals surface area contributed by atoms with Gasteiger partial charge in [-0.15, -0.1) is 0 Å². The molecule has 0 fully saturated rings. The van der Waals surface area contributed by atoms with Crippen LogP contribution in [0.4, 0.5) is 5.69 Å². The number of nitrogens with one attached hydrogen (secondary N) is 2. The van der Waals surface area contributed by atoms with Crippen molar-refractivity contribution in [2.75, 3.05) is 11.9 Å². The van der Waals surface area contributed by atoms with Gasteiger partial charge in [-0.05, 0) is 31.4 Å². The topological polar surface area (TPSA) is 41.1 Å². The van der Waals surface area contributed by atoms with E-state index in [1.807, 2.05) is 38.1 Å². The fourth-order valence-electron chi connectivity index (χ4n) is 1.49. The standard InChI is InChI=1S/C14H22N2O/c1-10(2)9-15-14(17)12(4)16-13-8-6-5-7-11(13)3/h5-8,10,12,16H,9H2,1-4H3,(H,15,17). The van der Waals surface area contributed by atoms with E-state index in [0.29, 0.717) is 5.92 Å². The molecule has 0 aliphatic heterocycles. The molecule has 0 aliphatic rings. The van der Waals surface area contributed by atoms with Crippen LogP contribution in [0.15, 0.2) is 24.3 Å². The smallest absolute Gasteiger partial charge is 0.242 e. The van der Waals surface area contributed by atoms with Crippen molar-refractivity contribution in [1.82, 2.24) is 5.32 Å². The number of para-hydroxylation sites is 1. The van der Waals surface area contributed by atoms with E-state index in [4.69, 9.17) is 0 Å². The number of amides is 1. The third-order valence-electron chi connectivity index (χ3n) is 2.59. The summed E-state index contributed by atoms with van der Waals surface area (Å²) in [6, 6.07) is 7.76. The van der Waals surface area contributed by atoms with Crippen molar-refractivity contribution in [2.24, 2.45) is 5.92 Å². The Balaban J connectivity index is 2.51. The molecule has 1 rings (SSSR count). The first-order chi connectivity index (χ1) is 8.00. The Labute approximate surface area is 104 Å². The molecule has 0 bridgehead atoms. The van der Waals surface area contributed by atoms with Gasteiger partial charge in [0, 0.05) is 12.2 Å². The number of hydrogen-bond acceptors (Lipinski definition) is 2. The van der Waals surface area contributed by atoms with Crippen LogP contribution in [0, 0.1) is 12.8 Å². The van der Waals surface area contributed by atoms with E-state index >= 15 is 0 Å². The summed E-state index contributed by atoms with van der Waals surface area (Å²) in [7, 11) is 0. The third kappa shape index (κ3) is 4.47. The molecule has 17 heavy (non-hydrogen) atoms. The first kappa shape index (κ1) is 13.6. The number of carbonyl (C=O) groups excluding carboxylic acids is 1. The lowest BCUT2D eigenvalue weighted by Gasteiger charge is -2.17. The summed E-state index contributed by atoms with van der Waals surface area (Å²) >= 11 is 0. The molecule has 0 saturated carbocycles. The summed E-state index contributed by atoms with van der Waals surface area (Å²) < 4.78 is 0. The lowest BCUT2D eigenvalue weighted by molar-refractivity contribution is -0.121. The molecule has 94 valence electrons. The number of hydrogen-bond donors (Lipinski definition) is 2. The fourth-order valence-corrected chi connectivity index (χ4v) is 1.49. The molecule has 0 spiro atoms. The third-order valence-corrected chi connectivity index (χ3v) is 2.59. The maximum atomic E-state index is 11.8. The molecule has 0 radical (unpaired) electrons. The minimum Gasteiger partial charge on any atom is -0.374 e. The predicted molar refractivity (Wildman–Crippen MR) is 72.1 cm³/mol. The summed E-state index contributed by atoms with van der Waals surface area (Å²) in [5.41, 5.74) is 2.16. The fraction of sp³-hybridized carbons (Fsp3) is 0.500. The van der Waals surface area contributed by atoms with Crippen LogP contribution in [0.2, 0.25) is 0 Å². The molecule has 0 saturated heterocycles. The van der Waals surface area contributed by atoms with Crippen LogP contribution in [-0.2, 0) is 4.79 Å². The number of rotatable bonds is 5. The van der Waals surface area contributed by atoms with Gasteiger partial charge >= 0.3 is 0 Å². The van der Waals surface area contributed by atoms with E-state index in [9.17, 15) is 4.79 Å². The van der Waals surface area contributed by atoms with Crippen LogP contribution in [0.3, 0.4) is 0 Å². The van der Waals surface area contributed by atoms with Gasteiger partial charge in [0.1, 0.15) is 6.04 Å². The van der Waals surface area contributed by atoms with Gasteiger partial charge in [-0.3, -0.25) is 4.79 Å². The highest BCUT2D eigenvalue weighted by Crippen LogP contribution is 2.14. The summed E-state index contributed by atoms with van der Waals surface area (Å²) in [5, 5.41) is 6.14. The van der Waals surface area contributed by atoms with Crippen LogP contribution in [0.5, 0.6) is 0 Å². The maximum absolute atomic E-state index is 11.8. The van der Waals surface area contributed by atoms with Crippen molar-refractivity contribution < 1.29 is 4.79 Å². The number of anilines is 1. The van der Waals surface area contributed by atoms with Crippen LogP contribution in [0.25, 0.3) is 0 Å². The molecule has 3 nitrogen and oxygen atoms in total. The summed E-state index contributed by atoms with van der Waals surface area (Å²) in [6.45, 7) is 8.79. The Morgan fingerprint density at radius 3 is 2.47 bits per heavy atom. The Kier molecular flexibility index (Phi) is 5.01. The second-order valence-corrected chi connectivity index (χ2v) is 4.82. The molecule has 3 heteroatoms. The summed E-state index contributed by atoms with van der Waals surface area (Å²) in [6.07, 6.45) is 0. The zero-order valence-corrected chi connectivity index (χ0v) is 11.1. The van der Waals surface area contributed by atoms with E-state index < -0.39 is 0 Å². The minimum atomic E-state index is -0.213. The second-order valence-electron chi connectivity index (χ2n) is 4.82. The van der Waals surface area contributed by atoms with Crippen LogP contribution >= 0.6 is 0 Å². The van der Waals surface area contributed by atoms with E-state index in [1.165, 1.54) is 0 Å². The highest BCUT2D eigenvalue weighted by Gasteiger charge is 2.12. The van der Waals surface area contributed by atoms with Crippen molar-refractivity contribution in [3.05, 3.63) is 29.8 Å². The van der Waals surface area contributed by atoms with Gasteiger partial charge in [-0.1, -0.05) is 32.0 Å². The maximum Gasteiger partial charge on any atom is 0.242 e. The molecule has 1 aromatic carbocycles. The van der Waals surface area contributed by atoms with Gasteiger partial charge in [0.05, 0.1) is 0 Å². The average Bonchev–Trinajstić information content (AvgIpc) is 2.28. The molecule has 1 aromatic rings. The van der Waals surface area contributed by atoms with E-state index in [-0.39, 0.29) is 11.9 Å². The van der Waals surface area contributed by atoms with Crippen LogP contribution in [0.1, 0.15) is 26.3 Å². The van der Waals surface area contributed by atoms with Gasteiger partial charge in [-0.25, -0.2) is 0 Å². The SMILES string of the molecule is Cc1ccccc1NC(C)C(=O)NCC(C)C. The zero-order valence-electron chi connectivity index (χ0n) is 11.1. The molecule has 0 heterocycles. The molecular weight excluding hydrogens is 212 g/mol. The lowest BCUT2D eigenvalue weighted by atomic mass is 10.1. The largest absolute Gasteiger partial charge is 0.374 e. The number of aryl methyl sites for hydroxylation is 1. The molecular formula is C14H22N2O. The number of benzene rings is 1. The highest BCUT2D eigenvalue weighted by atomic mass is 16.2. The molecule has 1 unspecified atom stereocenters. The normalized spacial score (nSPS) is 12.3. The van der Waals surface area contributed by atoms with Gasteiger partial charge in [0.2, 0.25) is 5.91 Å². The van der Waals surface area contributed by atoms with E-state index in [2.05, 4.69) is 24.5 Å². The van der Waals surface area contributed by atoms with Gasteiger partial charge < -0.3 is 10.6 Å². The molecule has 0 aliphatic carbocycles. The van der Waals surface area contributed by atoms with Gasteiger partial charge in [-0.2, -0.15) is 0 Å². The van der Waals surface area contributed by atoms with E-state index in [0.717, 1.165) is 17.8 Å². The van der Waals surface area contributed by atoms with Crippen molar-refractivity contribution in [2.45, 2.75) is 33.7 Å². The number of carbonyl (C=O) groups is 1. The Morgan fingerprint density at radius 1 is 1.24 bits per heavy atom. The van der Waals surface area contributed by atoms with Crippen molar-refractivity contribution in [3.63, 3.8) is 0 Å². The van der Waals surface area contributed by atoms with Crippen molar-refractivity contribution in [1.29, 1.82) is 0 Å². The lowest BCUT2D eigenvalue weighted by Crippen LogP contribution is -2.39. The van der Waals surface area contributed by atoms with Crippen LogP contribution in [-0.4, -0.2) is 18.5 Å². The monoisotopic (exact) mass is 234 g/mol. The molecule has 0 aromatic heterocycles. The Morgan fingerprint density at radius 2 is 1.88 bits per heavy atom. The zero-order chi connectivity index (χ0) is 12.8. The Bertz CT molecular complexity index is 374. The van der Waals surface area contributed by atoms with E-state index in [1.54, 1.807) is 0 Å². The first-order valence-corrected chi connectivity index (χ1v) is 6.10. The minimum absolute atomic E-state index is 0.0435. The van der Waals surface area contributed by atoms with Gasteiger partial charge in [0.15, 0.2) is 0 Å². The quantitative estimate of drug-likeness (QED) is 0.822. The van der Waals surface area contributed by atoms with Crippen LogP contribution < -0.4 is 10.6 Å². The van der Waals surface area contributed by atoms with Gasteiger partial charge in [0.25, 0.3) is 0 Å². The van der Waals surface area contributed by atoms with Crippen molar-refractivity contribution in [3.8, 4) is 0 Å². The molecule has 2 N–H and O–H groups in total. The molecule has 1 atom stereocenters. The summed E-state index contributed by atoms with van der Waals surface area (Å²) in [4.78, 5) is 11.8. The second kappa shape index (κ2) is 6.28. The summed E-state index contributed by atoms with van der Waals surface area (Å²) in [5.74, 6) is 0.520. The average molecular weight is 234 g/mol. The first-order valence-electron chi connectivity index (χ1n) is 6.10. The predicted octanol–water partition coefficient (Wildman–Crippen LogP) is 2.57. The molecule has 1 amide bonds.